The third-order valence-corrected chi connectivity index (χ3v) is 4.61. The summed E-state index contributed by atoms with van der Waals surface area (Å²) in [6.45, 7) is 13.8. The summed E-state index contributed by atoms with van der Waals surface area (Å²) in [6, 6.07) is 0. The molecule has 17 heavy (non-hydrogen) atoms. The van der Waals surface area contributed by atoms with Crippen LogP contribution in [0.3, 0.4) is 0 Å². The lowest BCUT2D eigenvalue weighted by atomic mass is 9.60. The van der Waals surface area contributed by atoms with Gasteiger partial charge in [0.25, 0.3) is 0 Å². The molecule has 1 aliphatic rings. The van der Waals surface area contributed by atoms with E-state index in [1.54, 1.807) is 6.92 Å². The molecule has 1 unspecified atom stereocenters. The van der Waals surface area contributed by atoms with Gasteiger partial charge >= 0.3 is 0 Å². The molecule has 0 saturated heterocycles. The maximum Gasteiger partial charge on any atom is 0.0877 e. The Morgan fingerprint density at radius 1 is 1.59 bits per heavy atom. The SMILES string of the molecule is C=C[C@]1(C)CCC([C@](C)(O)CO)C[C@H]1C(=C)C. The largest absolute Gasteiger partial charge is 0.393 e. The highest BCUT2D eigenvalue weighted by molar-refractivity contribution is 5.13. The van der Waals surface area contributed by atoms with Gasteiger partial charge in [-0.15, -0.1) is 6.58 Å². The molecule has 2 heteroatoms. The molecule has 98 valence electrons. The van der Waals surface area contributed by atoms with Gasteiger partial charge in [0.15, 0.2) is 0 Å². The van der Waals surface area contributed by atoms with Gasteiger partial charge in [0.2, 0.25) is 0 Å². The van der Waals surface area contributed by atoms with Crippen LogP contribution >= 0.6 is 0 Å². The second-order valence-electron chi connectivity index (χ2n) is 6.10. The van der Waals surface area contributed by atoms with E-state index in [2.05, 4.69) is 20.1 Å². The molecule has 4 atom stereocenters. The zero-order valence-electron chi connectivity index (χ0n) is 11.4. The van der Waals surface area contributed by atoms with Gasteiger partial charge in [0, 0.05) is 0 Å². The summed E-state index contributed by atoms with van der Waals surface area (Å²) >= 11 is 0. The molecule has 0 aliphatic heterocycles. The predicted octanol–water partition coefficient (Wildman–Crippen LogP) is 2.91. The minimum Gasteiger partial charge on any atom is -0.393 e. The highest BCUT2D eigenvalue weighted by Gasteiger charge is 2.43. The van der Waals surface area contributed by atoms with Crippen molar-refractivity contribution in [3.63, 3.8) is 0 Å². The average Bonchev–Trinajstić information content (AvgIpc) is 2.28. The fourth-order valence-corrected chi connectivity index (χ4v) is 3.03. The molecule has 1 saturated carbocycles. The molecular weight excluding hydrogens is 212 g/mol. The standard InChI is InChI=1S/C15H26O2/c1-6-14(4)8-7-12(15(5,17)10-16)9-13(14)11(2)3/h6,12-13,16-17H,1-2,7-10H2,3-5H3/t12?,13-,14+,15+/m0/s1. The molecule has 0 amide bonds. The fourth-order valence-electron chi connectivity index (χ4n) is 3.03. The first-order chi connectivity index (χ1) is 7.77. The molecule has 0 bridgehead atoms. The van der Waals surface area contributed by atoms with Crippen LogP contribution in [0.1, 0.15) is 40.0 Å². The van der Waals surface area contributed by atoms with Crippen molar-refractivity contribution in [2.45, 2.75) is 45.6 Å². The van der Waals surface area contributed by atoms with Gasteiger partial charge < -0.3 is 10.2 Å². The van der Waals surface area contributed by atoms with Gasteiger partial charge in [-0.1, -0.05) is 25.2 Å². The van der Waals surface area contributed by atoms with Gasteiger partial charge in [0.1, 0.15) is 0 Å². The van der Waals surface area contributed by atoms with Crippen LogP contribution in [-0.4, -0.2) is 22.4 Å². The smallest absolute Gasteiger partial charge is 0.0877 e. The molecule has 0 spiro atoms. The van der Waals surface area contributed by atoms with Gasteiger partial charge in [-0.2, -0.15) is 0 Å². The Balaban J connectivity index is 2.90. The molecule has 0 aromatic carbocycles. The highest BCUT2D eigenvalue weighted by Crippen LogP contribution is 2.49. The van der Waals surface area contributed by atoms with Crippen molar-refractivity contribution in [1.29, 1.82) is 0 Å². The summed E-state index contributed by atoms with van der Waals surface area (Å²) in [5.74, 6) is 0.485. The third-order valence-electron chi connectivity index (χ3n) is 4.61. The van der Waals surface area contributed by atoms with Gasteiger partial charge in [0.05, 0.1) is 12.2 Å². The second kappa shape index (κ2) is 4.95. The maximum absolute atomic E-state index is 10.2. The maximum atomic E-state index is 10.2. The minimum atomic E-state index is -0.976. The van der Waals surface area contributed by atoms with Crippen molar-refractivity contribution < 1.29 is 10.2 Å². The minimum absolute atomic E-state index is 0.0773. The van der Waals surface area contributed by atoms with Gasteiger partial charge in [-0.25, -0.2) is 0 Å². The van der Waals surface area contributed by atoms with E-state index in [1.165, 1.54) is 0 Å². The van der Waals surface area contributed by atoms with Crippen LogP contribution < -0.4 is 0 Å². The summed E-state index contributed by atoms with van der Waals surface area (Å²) in [6.07, 6.45) is 4.83. The molecule has 0 aromatic rings. The van der Waals surface area contributed by atoms with Crippen molar-refractivity contribution in [1.82, 2.24) is 0 Å². The molecule has 2 nitrogen and oxygen atoms in total. The molecular formula is C15H26O2. The van der Waals surface area contributed by atoms with Crippen molar-refractivity contribution in [2.75, 3.05) is 6.61 Å². The van der Waals surface area contributed by atoms with Crippen LogP contribution in [0.4, 0.5) is 0 Å². The molecule has 1 rings (SSSR count). The van der Waals surface area contributed by atoms with Crippen molar-refractivity contribution in [2.24, 2.45) is 17.3 Å². The summed E-state index contributed by atoms with van der Waals surface area (Å²) in [5, 5.41) is 19.5. The Morgan fingerprint density at radius 2 is 2.18 bits per heavy atom. The Morgan fingerprint density at radius 3 is 2.59 bits per heavy atom. The molecule has 0 aromatic heterocycles. The van der Waals surface area contributed by atoms with Crippen LogP contribution in [0.25, 0.3) is 0 Å². The van der Waals surface area contributed by atoms with Crippen LogP contribution in [0.15, 0.2) is 24.8 Å². The number of hydrogen-bond donors (Lipinski definition) is 2. The van der Waals surface area contributed by atoms with E-state index in [0.29, 0.717) is 5.92 Å². The highest BCUT2D eigenvalue weighted by atomic mass is 16.3. The Hall–Kier alpha value is -0.600. The zero-order chi connectivity index (χ0) is 13.3. The number of aliphatic hydroxyl groups excluding tert-OH is 1. The summed E-state index contributed by atoms with van der Waals surface area (Å²) in [5.41, 5.74) is 0.246. The van der Waals surface area contributed by atoms with E-state index in [4.69, 9.17) is 0 Å². The molecule has 0 heterocycles. The zero-order valence-corrected chi connectivity index (χ0v) is 11.4. The summed E-state index contributed by atoms with van der Waals surface area (Å²) < 4.78 is 0. The van der Waals surface area contributed by atoms with E-state index < -0.39 is 5.60 Å². The van der Waals surface area contributed by atoms with Crippen LogP contribution in [0.5, 0.6) is 0 Å². The number of hydrogen-bond acceptors (Lipinski definition) is 2. The van der Waals surface area contributed by atoms with E-state index in [1.807, 2.05) is 13.0 Å². The van der Waals surface area contributed by atoms with E-state index >= 15 is 0 Å². The first-order valence-corrected chi connectivity index (χ1v) is 6.39. The summed E-state index contributed by atoms with van der Waals surface area (Å²) in [7, 11) is 0. The summed E-state index contributed by atoms with van der Waals surface area (Å²) in [4.78, 5) is 0. The molecule has 2 N–H and O–H groups in total. The number of allylic oxidation sites excluding steroid dienone is 2. The lowest BCUT2D eigenvalue weighted by Gasteiger charge is -2.46. The number of aliphatic hydroxyl groups is 2. The topological polar surface area (TPSA) is 40.5 Å². The van der Waals surface area contributed by atoms with Crippen molar-refractivity contribution in [3.05, 3.63) is 24.8 Å². The third kappa shape index (κ3) is 2.80. The molecule has 0 radical (unpaired) electrons. The van der Waals surface area contributed by atoms with Gasteiger partial charge in [-0.05, 0) is 50.4 Å². The Bertz CT molecular complexity index is 306. The first-order valence-electron chi connectivity index (χ1n) is 6.39. The van der Waals surface area contributed by atoms with Crippen molar-refractivity contribution >= 4 is 0 Å². The quantitative estimate of drug-likeness (QED) is 0.739. The van der Waals surface area contributed by atoms with E-state index in [9.17, 15) is 10.2 Å². The lowest BCUT2D eigenvalue weighted by molar-refractivity contribution is -0.0731. The predicted molar refractivity (Wildman–Crippen MR) is 71.7 cm³/mol. The van der Waals surface area contributed by atoms with Crippen LogP contribution in [0, 0.1) is 17.3 Å². The van der Waals surface area contributed by atoms with Crippen molar-refractivity contribution in [3.8, 4) is 0 Å². The fraction of sp³-hybridized carbons (Fsp3) is 0.733. The Kier molecular flexibility index (Phi) is 4.21. The second-order valence-corrected chi connectivity index (χ2v) is 6.10. The monoisotopic (exact) mass is 238 g/mol. The van der Waals surface area contributed by atoms with Crippen LogP contribution in [-0.2, 0) is 0 Å². The molecule has 1 aliphatic carbocycles. The first kappa shape index (κ1) is 14.5. The Labute approximate surface area is 105 Å². The molecule has 1 fully saturated rings. The van der Waals surface area contributed by atoms with E-state index in [-0.39, 0.29) is 17.9 Å². The average molecular weight is 238 g/mol. The van der Waals surface area contributed by atoms with Crippen LogP contribution in [0.2, 0.25) is 0 Å². The van der Waals surface area contributed by atoms with E-state index in [0.717, 1.165) is 24.8 Å². The van der Waals surface area contributed by atoms with Gasteiger partial charge in [-0.3, -0.25) is 0 Å². The number of rotatable bonds is 4. The lowest BCUT2D eigenvalue weighted by Crippen LogP contribution is -2.45. The normalized spacial score (nSPS) is 37.2.